The summed E-state index contributed by atoms with van der Waals surface area (Å²) < 4.78 is 10.6. The second-order valence-corrected chi connectivity index (χ2v) is 7.18. The first kappa shape index (κ1) is 20.5. The van der Waals surface area contributed by atoms with Crippen molar-refractivity contribution in [2.75, 3.05) is 19.1 Å². The van der Waals surface area contributed by atoms with E-state index in [1.54, 1.807) is 25.3 Å². The monoisotopic (exact) mass is 410 g/mol. The molecule has 3 rings (SSSR count). The molecule has 7 heteroatoms. The Morgan fingerprint density at radius 1 is 0.931 bits per heavy atom. The first-order chi connectivity index (χ1) is 13.8. The molecule has 1 aliphatic rings. The number of aryl methyl sites for hydroxylation is 3. The van der Waals surface area contributed by atoms with Gasteiger partial charge in [-0.05, 0) is 85.6 Å². The molecule has 2 amide bonds. The average Bonchev–Trinajstić information content (AvgIpc) is 2.68. The fourth-order valence-electron chi connectivity index (χ4n) is 3.06. The lowest BCUT2D eigenvalue weighted by Crippen LogP contribution is -2.54. The fraction of sp³-hybridized carbons (Fsp3) is 0.227. The van der Waals surface area contributed by atoms with Gasteiger partial charge in [0, 0.05) is 0 Å². The summed E-state index contributed by atoms with van der Waals surface area (Å²) in [5.41, 5.74) is 4.24. The normalized spacial score (nSPS) is 15.6. The zero-order chi connectivity index (χ0) is 21.3. The van der Waals surface area contributed by atoms with Crippen molar-refractivity contribution in [3.05, 3.63) is 58.2 Å². The Morgan fingerprint density at radius 2 is 1.59 bits per heavy atom. The van der Waals surface area contributed by atoms with E-state index in [1.807, 2.05) is 39.0 Å². The molecule has 0 aromatic heterocycles. The zero-order valence-corrected chi connectivity index (χ0v) is 17.8. The number of amides is 2. The predicted molar refractivity (Wildman–Crippen MR) is 116 cm³/mol. The van der Waals surface area contributed by atoms with Crippen LogP contribution in [0.3, 0.4) is 0 Å². The van der Waals surface area contributed by atoms with E-state index in [1.165, 1.54) is 12.0 Å². The van der Waals surface area contributed by atoms with Gasteiger partial charge in [0.15, 0.2) is 16.6 Å². The van der Waals surface area contributed by atoms with Crippen LogP contribution in [0.1, 0.15) is 22.3 Å². The van der Waals surface area contributed by atoms with Crippen LogP contribution in [0.25, 0.3) is 6.08 Å². The van der Waals surface area contributed by atoms with Gasteiger partial charge in [-0.2, -0.15) is 0 Å². The molecule has 0 aliphatic carbocycles. The van der Waals surface area contributed by atoms with Crippen molar-refractivity contribution in [1.82, 2.24) is 5.32 Å². The number of ether oxygens (including phenoxy) is 2. The Kier molecular flexibility index (Phi) is 5.70. The van der Waals surface area contributed by atoms with Crippen LogP contribution in [0.2, 0.25) is 0 Å². The van der Waals surface area contributed by atoms with Gasteiger partial charge in [-0.3, -0.25) is 19.8 Å². The Hall–Kier alpha value is -3.19. The van der Waals surface area contributed by atoms with E-state index in [0.29, 0.717) is 22.7 Å². The summed E-state index contributed by atoms with van der Waals surface area (Å²) in [6.07, 6.45) is 1.55. The summed E-state index contributed by atoms with van der Waals surface area (Å²) in [5, 5.41) is 2.67. The quantitative estimate of drug-likeness (QED) is 0.475. The topological polar surface area (TPSA) is 67.9 Å². The van der Waals surface area contributed by atoms with Gasteiger partial charge in [-0.15, -0.1) is 0 Å². The number of carbonyl (C=O) groups is 2. The highest BCUT2D eigenvalue weighted by Gasteiger charge is 2.34. The third-order valence-electron chi connectivity index (χ3n) is 4.92. The number of hydrogen-bond acceptors (Lipinski definition) is 5. The van der Waals surface area contributed by atoms with Crippen LogP contribution in [0, 0.1) is 20.8 Å². The maximum Gasteiger partial charge on any atom is 0.270 e. The molecule has 29 heavy (non-hydrogen) atoms. The van der Waals surface area contributed by atoms with Gasteiger partial charge in [0.25, 0.3) is 11.8 Å². The van der Waals surface area contributed by atoms with Crippen molar-refractivity contribution in [1.29, 1.82) is 0 Å². The minimum absolute atomic E-state index is 0.00727. The molecule has 6 nitrogen and oxygen atoms in total. The molecule has 1 saturated heterocycles. The third-order valence-corrected chi connectivity index (χ3v) is 5.21. The number of benzene rings is 2. The molecule has 1 N–H and O–H groups in total. The second kappa shape index (κ2) is 8.05. The first-order valence-corrected chi connectivity index (χ1v) is 9.39. The summed E-state index contributed by atoms with van der Waals surface area (Å²) in [7, 11) is 3.08. The molecule has 2 aromatic rings. The Balaban J connectivity index is 2.07. The summed E-state index contributed by atoms with van der Waals surface area (Å²) >= 11 is 5.26. The molecule has 1 aliphatic heterocycles. The van der Waals surface area contributed by atoms with Crippen LogP contribution in [0.5, 0.6) is 11.5 Å². The summed E-state index contributed by atoms with van der Waals surface area (Å²) in [4.78, 5) is 27.1. The van der Waals surface area contributed by atoms with Gasteiger partial charge in [0.2, 0.25) is 0 Å². The fourth-order valence-corrected chi connectivity index (χ4v) is 3.34. The minimum atomic E-state index is -0.533. The number of hydrogen-bond donors (Lipinski definition) is 1. The van der Waals surface area contributed by atoms with Crippen molar-refractivity contribution < 1.29 is 19.1 Å². The van der Waals surface area contributed by atoms with Gasteiger partial charge >= 0.3 is 0 Å². The highest BCUT2D eigenvalue weighted by molar-refractivity contribution is 7.80. The van der Waals surface area contributed by atoms with E-state index in [0.717, 1.165) is 16.7 Å². The molecular formula is C22H22N2O4S. The Bertz CT molecular complexity index is 1060. The van der Waals surface area contributed by atoms with Crippen LogP contribution >= 0.6 is 12.2 Å². The molecule has 2 aromatic carbocycles. The van der Waals surface area contributed by atoms with Gasteiger partial charge in [0.1, 0.15) is 5.57 Å². The average molecular weight is 410 g/mol. The molecule has 0 spiro atoms. The smallest absolute Gasteiger partial charge is 0.270 e. The molecule has 1 heterocycles. The lowest BCUT2D eigenvalue weighted by Gasteiger charge is -2.29. The Morgan fingerprint density at radius 3 is 2.21 bits per heavy atom. The minimum Gasteiger partial charge on any atom is -0.493 e. The second-order valence-electron chi connectivity index (χ2n) is 6.79. The summed E-state index contributed by atoms with van der Waals surface area (Å²) in [5.74, 6) is 0.0742. The number of anilines is 1. The molecule has 0 radical (unpaired) electrons. The zero-order valence-electron chi connectivity index (χ0n) is 17.0. The standard InChI is InChI=1S/C22H22N2O4S/c1-12-6-7-16(8-13(12)2)24-21(26)17(20(25)23-22(24)29)10-15-11-19(28-5)18(27-4)9-14(15)3/h6-11H,1-5H3,(H,23,25,29)/b17-10+. The molecule has 0 saturated carbocycles. The van der Waals surface area contributed by atoms with Gasteiger partial charge in [-0.25, -0.2) is 0 Å². The highest BCUT2D eigenvalue weighted by Crippen LogP contribution is 2.32. The lowest BCUT2D eigenvalue weighted by molar-refractivity contribution is -0.122. The molecule has 150 valence electrons. The van der Waals surface area contributed by atoms with Crippen molar-refractivity contribution in [3.8, 4) is 11.5 Å². The molecule has 0 bridgehead atoms. The van der Waals surface area contributed by atoms with E-state index in [9.17, 15) is 9.59 Å². The summed E-state index contributed by atoms with van der Waals surface area (Å²) in [6, 6.07) is 9.12. The van der Waals surface area contributed by atoms with Crippen LogP contribution in [0.4, 0.5) is 5.69 Å². The van der Waals surface area contributed by atoms with Crippen molar-refractivity contribution in [2.24, 2.45) is 0 Å². The van der Waals surface area contributed by atoms with Gasteiger partial charge in [0.05, 0.1) is 19.9 Å². The Labute approximate surface area is 175 Å². The highest BCUT2D eigenvalue weighted by atomic mass is 32.1. The van der Waals surface area contributed by atoms with Crippen LogP contribution < -0.4 is 19.7 Å². The van der Waals surface area contributed by atoms with E-state index in [2.05, 4.69) is 5.32 Å². The predicted octanol–water partition coefficient (Wildman–Crippen LogP) is 3.46. The van der Waals surface area contributed by atoms with Gasteiger partial charge in [-0.1, -0.05) is 6.07 Å². The van der Waals surface area contributed by atoms with E-state index < -0.39 is 11.8 Å². The SMILES string of the molecule is COc1cc(C)c(/C=C2\C(=O)NC(=S)N(c3ccc(C)c(C)c3)C2=O)cc1OC. The van der Waals surface area contributed by atoms with Crippen molar-refractivity contribution >= 4 is 40.9 Å². The largest absolute Gasteiger partial charge is 0.493 e. The van der Waals surface area contributed by atoms with E-state index in [-0.39, 0.29) is 10.7 Å². The van der Waals surface area contributed by atoms with E-state index >= 15 is 0 Å². The van der Waals surface area contributed by atoms with E-state index in [4.69, 9.17) is 21.7 Å². The van der Waals surface area contributed by atoms with Crippen molar-refractivity contribution in [3.63, 3.8) is 0 Å². The first-order valence-electron chi connectivity index (χ1n) is 8.98. The third kappa shape index (κ3) is 3.86. The van der Waals surface area contributed by atoms with Gasteiger partial charge < -0.3 is 9.47 Å². The van der Waals surface area contributed by atoms with Crippen LogP contribution in [-0.2, 0) is 9.59 Å². The number of carbonyl (C=O) groups excluding carboxylic acids is 2. The maximum absolute atomic E-state index is 13.2. The number of nitrogens with zero attached hydrogens (tertiary/aromatic N) is 1. The number of methoxy groups -OCH3 is 2. The molecular weight excluding hydrogens is 388 g/mol. The van der Waals surface area contributed by atoms with Crippen LogP contribution in [0.15, 0.2) is 35.9 Å². The van der Waals surface area contributed by atoms with Crippen LogP contribution in [-0.4, -0.2) is 31.1 Å². The maximum atomic E-state index is 13.2. The molecule has 0 unspecified atom stereocenters. The molecule has 0 atom stereocenters. The molecule has 1 fully saturated rings. The van der Waals surface area contributed by atoms with Crippen molar-refractivity contribution in [2.45, 2.75) is 20.8 Å². The summed E-state index contributed by atoms with van der Waals surface area (Å²) in [6.45, 7) is 5.81. The lowest BCUT2D eigenvalue weighted by atomic mass is 10.0. The number of thiocarbonyl (C=S) groups is 1. The number of nitrogens with one attached hydrogen (secondary N) is 1. The number of rotatable bonds is 4.